The van der Waals surface area contributed by atoms with E-state index in [2.05, 4.69) is 25.7 Å². The average molecular weight is 271 g/mol. The van der Waals surface area contributed by atoms with Crippen LogP contribution in [0.15, 0.2) is 18.2 Å². The summed E-state index contributed by atoms with van der Waals surface area (Å²) in [6.45, 7) is 7.84. The van der Waals surface area contributed by atoms with E-state index in [4.69, 9.17) is 0 Å². The SMILES string of the molecule is CCC(C)N(CC)CCC(O)c1cccc(F)c1F. The highest BCUT2D eigenvalue weighted by Crippen LogP contribution is 2.22. The van der Waals surface area contributed by atoms with Gasteiger partial charge in [-0.2, -0.15) is 0 Å². The molecule has 0 saturated heterocycles. The molecule has 0 aliphatic carbocycles. The summed E-state index contributed by atoms with van der Waals surface area (Å²) < 4.78 is 26.6. The van der Waals surface area contributed by atoms with E-state index in [1.165, 1.54) is 12.1 Å². The van der Waals surface area contributed by atoms with Crippen LogP contribution >= 0.6 is 0 Å². The lowest BCUT2D eigenvalue weighted by Crippen LogP contribution is -2.34. The fourth-order valence-corrected chi connectivity index (χ4v) is 2.17. The standard InChI is InChI=1S/C15H23F2NO/c1-4-11(3)18(5-2)10-9-14(19)12-7-6-8-13(16)15(12)17/h6-8,11,14,19H,4-5,9-10H2,1-3H3. The Balaban J connectivity index is 2.64. The maximum Gasteiger partial charge on any atom is 0.164 e. The van der Waals surface area contributed by atoms with E-state index in [9.17, 15) is 13.9 Å². The Labute approximate surface area is 114 Å². The van der Waals surface area contributed by atoms with Crippen LogP contribution in [0.25, 0.3) is 0 Å². The molecule has 0 bridgehead atoms. The second kappa shape index (κ2) is 7.56. The van der Waals surface area contributed by atoms with Crippen LogP contribution in [-0.4, -0.2) is 29.1 Å². The Morgan fingerprint density at radius 2 is 1.95 bits per heavy atom. The lowest BCUT2D eigenvalue weighted by atomic mass is 10.0. The maximum absolute atomic E-state index is 13.5. The summed E-state index contributed by atoms with van der Waals surface area (Å²) in [6.07, 6.45) is 0.463. The van der Waals surface area contributed by atoms with Crippen LogP contribution < -0.4 is 0 Å². The third-order valence-electron chi connectivity index (χ3n) is 3.65. The second-order valence-corrected chi connectivity index (χ2v) is 4.83. The van der Waals surface area contributed by atoms with Gasteiger partial charge in [0.2, 0.25) is 0 Å². The van der Waals surface area contributed by atoms with Crippen LogP contribution in [-0.2, 0) is 0 Å². The van der Waals surface area contributed by atoms with Gasteiger partial charge in [0, 0.05) is 18.2 Å². The lowest BCUT2D eigenvalue weighted by Gasteiger charge is -2.27. The molecule has 0 spiro atoms. The molecule has 0 fully saturated rings. The molecule has 0 aromatic heterocycles. The lowest BCUT2D eigenvalue weighted by molar-refractivity contribution is 0.125. The molecule has 0 amide bonds. The zero-order chi connectivity index (χ0) is 14.4. The van der Waals surface area contributed by atoms with Gasteiger partial charge in [-0.3, -0.25) is 0 Å². The van der Waals surface area contributed by atoms with Gasteiger partial charge in [0.1, 0.15) is 0 Å². The van der Waals surface area contributed by atoms with Crippen molar-refractivity contribution in [1.29, 1.82) is 0 Å². The molecule has 1 N–H and O–H groups in total. The van der Waals surface area contributed by atoms with E-state index in [1.54, 1.807) is 0 Å². The minimum absolute atomic E-state index is 0.0419. The van der Waals surface area contributed by atoms with Crippen molar-refractivity contribution in [3.05, 3.63) is 35.4 Å². The molecule has 4 heteroatoms. The fraction of sp³-hybridized carbons (Fsp3) is 0.600. The molecule has 108 valence electrons. The Morgan fingerprint density at radius 1 is 1.26 bits per heavy atom. The van der Waals surface area contributed by atoms with E-state index in [-0.39, 0.29) is 5.56 Å². The quantitative estimate of drug-likeness (QED) is 0.820. The molecular weight excluding hydrogens is 248 g/mol. The topological polar surface area (TPSA) is 23.5 Å². The van der Waals surface area contributed by atoms with Gasteiger partial charge in [-0.25, -0.2) is 8.78 Å². The van der Waals surface area contributed by atoms with Crippen molar-refractivity contribution < 1.29 is 13.9 Å². The van der Waals surface area contributed by atoms with Crippen LogP contribution in [0.1, 0.15) is 45.3 Å². The second-order valence-electron chi connectivity index (χ2n) is 4.83. The summed E-state index contributed by atoms with van der Waals surface area (Å²) in [6, 6.07) is 4.34. The van der Waals surface area contributed by atoms with E-state index < -0.39 is 17.7 Å². The molecule has 1 rings (SSSR count). The van der Waals surface area contributed by atoms with Crippen LogP contribution in [0.2, 0.25) is 0 Å². The molecular formula is C15H23F2NO. The number of nitrogens with zero attached hydrogens (tertiary/aromatic N) is 1. The summed E-state index contributed by atoms with van der Waals surface area (Å²) in [5, 5.41) is 9.99. The van der Waals surface area contributed by atoms with Gasteiger partial charge in [0.25, 0.3) is 0 Å². The summed E-state index contributed by atoms with van der Waals surface area (Å²) >= 11 is 0. The Hall–Kier alpha value is -1.00. The van der Waals surface area contributed by atoms with E-state index >= 15 is 0 Å². The predicted molar refractivity (Wildman–Crippen MR) is 72.9 cm³/mol. The summed E-state index contributed by atoms with van der Waals surface area (Å²) in [7, 11) is 0. The first kappa shape index (κ1) is 16.1. The van der Waals surface area contributed by atoms with Crippen LogP contribution in [0.5, 0.6) is 0 Å². The Kier molecular flexibility index (Phi) is 6.38. The van der Waals surface area contributed by atoms with E-state index in [0.717, 1.165) is 19.0 Å². The van der Waals surface area contributed by atoms with Crippen molar-refractivity contribution in [1.82, 2.24) is 4.90 Å². The zero-order valence-electron chi connectivity index (χ0n) is 11.9. The van der Waals surface area contributed by atoms with Crippen LogP contribution in [0.4, 0.5) is 8.78 Å². The molecule has 1 aromatic carbocycles. The molecule has 2 atom stereocenters. The summed E-state index contributed by atoms with van der Waals surface area (Å²) in [4.78, 5) is 2.22. The first-order chi connectivity index (χ1) is 9.01. The zero-order valence-corrected chi connectivity index (χ0v) is 11.9. The molecule has 0 radical (unpaired) electrons. The summed E-state index contributed by atoms with van der Waals surface area (Å²) in [5.74, 6) is -1.85. The monoisotopic (exact) mass is 271 g/mol. The van der Waals surface area contributed by atoms with Gasteiger partial charge >= 0.3 is 0 Å². The van der Waals surface area contributed by atoms with Gasteiger partial charge in [-0.05, 0) is 32.4 Å². The van der Waals surface area contributed by atoms with Gasteiger partial charge < -0.3 is 10.0 Å². The van der Waals surface area contributed by atoms with Crippen molar-refractivity contribution in [3.63, 3.8) is 0 Å². The van der Waals surface area contributed by atoms with Crippen LogP contribution in [0.3, 0.4) is 0 Å². The Bertz CT molecular complexity index is 398. The molecule has 0 heterocycles. The third-order valence-corrected chi connectivity index (χ3v) is 3.65. The number of aliphatic hydroxyl groups excluding tert-OH is 1. The number of rotatable bonds is 7. The molecule has 1 aromatic rings. The fourth-order valence-electron chi connectivity index (χ4n) is 2.17. The van der Waals surface area contributed by atoms with Crippen LogP contribution in [0, 0.1) is 11.6 Å². The molecule has 2 unspecified atom stereocenters. The first-order valence-electron chi connectivity index (χ1n) is 6.87. The highest BCUT2D eigenvalue weighted by atomic mass is 19.2. The summed E-state index contributed by atoms with van der Waals surface area (Å²) in [5.41, 5.74) is 0.0419. The Morgan fingerprint density at radius 3 is 2.53 bits per heavy atom. The molecule has 2 nitrogen and oxygen atoms in total. The van der Waals surface area contributed by atoms with Gasteiger partial charge in [-0.1, -0.05) is 26.0 Å². The van der Waals surface area contributed by atoms with Crippen molar-refractivity contribution in [3.8, 4) is 0 Å². The predicted octanol–water partition coefficient (Wildman–Crippen LogP) is 3.51. The number of aliphatic hydroxyl groups is 1. The van der Waals surface area contributed by atoms with Crippen molar-refractivity contribution in [2.45, 2.75) is 45.8 Å². The minimum atomic E-state index is -0.964. The van der Waals surface area contributed by atoms with Crippen molar-refractivity contribution in [2.24, 2.45) is 0 Å². The van der Waals surface area contributed by atoms with Crippen molar-refractivity contribution >= 4 is 0 Å². The van der Waals surface area contributed by atoms with Gasteiger partial charge in [0.15, 0.2) is 11.6 Å². The van der Waals surface area contributed by atoms with E-state index in [0.29, 0.717) is 19.0 Å². The van der Waals surface area contributed by atoms with Crippen molar-refractivity contribution in [2.75, 3.05) is 13.1 Å². The van der Waals surface area contributed by atoms with Gasteiger partial charge in [-0.15, -0.1) is 0 Å². The molecule has 0 saturated carbocycles. The molecule has 19 heavy (non-hydrogen) atoms. The number of halogens is 2. The first-order valence-corrected chi connectivity index (χ1v) is 6.87. The number of hydrogen-bond donors (Lipinski definition) is 1. The normalized spacial score (nSPS) is 14.7. The smallest absolute Gasteiger partial charge is 0.164 e. The maximum atomic E-state index is 13.5. The molecule has 0 aliphatic heterocycles. The third kappa shape index (κ3) is 4.25. The van der Waals surface area contributed by atoms with E-state index in [1.807, 2.05) is 0 Å². The highest BCUT2D eigenvalue weighted by Gasteiger charge is 2.18. The molecule has 0 aliphatic rings. The number of hydrogen-bond acceptors (Lipinski definition) is 2. The average Bonchev–Trinajstić information content (AvgIpc) is 2.41. The largest absolute Gasteiger partial charge is 0.388 e. The van der Waals surface area contributed by atoms with Gasteiger partial charge in [0.05, 0.1) is 6.10 Å². The number of benzene rings is 1. The minimum Gasteiger partial charge on any atom is -0.388 e. The highest BCUT2D eigenvalue weighted by molar-refractivity contribution is 5.21.